The Labute approximate surface area is 85.3 Å². The fourth-order valence-electron chi connectivity index (χ4n) is 1.80. The summed E-state index contributed by atoms with van der Waals surface area (Å²) in [4.78, 5) is 0. The highest BCUT2D eigenvalue weighted by Gasteiger charge is 2.15. The zero-order chi connectivity index (χ0) is 9.97. The Balaban J connectivity index is 2.25. The number of aryl methyl sites for hydroxylation is 1. The van der Waals surface area contributed by atoms with E-state index in [1.165, 1.54) is 11.1 Å². The second-order valence-electron chi connectivity index (χ2n) is 3.85. The first-order valence-corrected chi connectivity index (χ1v) is 5.26. The lowest BCUT2D eigenvalue weighted by atomic mass is 10.1. The summed E-state index contributed by atoms with van der Waals surface area (Å²) < 4.78 is 5.77. The summed E-state index contributed by atoms with van der Waals surface area (Å²) in [7, 11) is 0. The zero-order valence-corrected chi connectivity index (χ0v) is 8.84. The number of hydrogen-bond acceptors (Lipinski definition) is 2. The van der Waals surface area contributed by atoms with Gasteiger partial charge in [0.1, 0.15) is 12.4 Å². The number of ether oxygens (including phenoxy) is 1. The Morgan fingerprint density at radius 3 is 3.14 bits per heavy atom. The van der Waals surface area contributed by atoms with Gasteiger partial charge >= 0.3 is 0 Å². The molecule has 0 aliphatic carbocycles. The van der Waals surface area contributed by atoms with Crippen LogP contribution in [0.3, 0.4) is 0 Å². The minimum absolute atomic E-state index is 0.488. The molecule has 1 unspecified atom stereocenters. The average molecular weight is 191 g/mol. The normalized spacial score (nSPS) is 20.9. The van der Waals surface area contributed by atoms with Gasteiger partial charge in [-0.25, -0.2) is 0 Å². The maximum Gasteiger partial charge on any atom is 0.124 e. The predicted molar refractivity (Wildman–Crippen MR) is 57.6 cm³/mol. The van der Waals surface area contributed by atoms with Gasteiger partial charge in [-0.05, 0) is 25.0 Å². The number of benzene rings is 1. The third-order valence-corrected chi connectivity index (χ3v) is 2.87. The Bertz CT molecular complexity index is 322. The first kappa shape index (κ1) is 9.53. The molecule has 2 nitrogen and oxygen atoms in total. The van der Waals surface area contributed by atoms with E-state index >= 15 is 0 Å². The molecule has 0 fully saturated rings. The van der Waals surface area contributed by atoms with Crippen LogP contribution in [0.4, 0.5) is 0 Å². The molecular formula is C12H17NO. The first-order chi connectivity index (χ1) is 6.81. The highest BCUT2D eigenvalue weighted by atomic mass is 16.5. The highest BCUT2D eigenvalue weighted by Crippen LogP contribution is 2.24. The number of nitrogens with one attached hydrogen (secondary N) is 1. The molecule has 2 heteroatoms. The van der Waals surface area contributed by atoms with Crippen LogP contribution < -0.4 is 10.1 Å². The van der Waals surface area contributed by atoms with Crippen molar-refractivity contribution in [2.24, 2.45) is 0 Å². The van der Waals surface area contributed by atoms with Crippen LogP contribution in [-0.4, -0.2) is 12.6 Å². The average Bonchev–Trinajstić information content (AvgIpc) is 2.41. The quantitative estimate of drug-likeness (QED) is 0.735. The number of hydrogen-bond donors (Lipinski definition) is 1. The lowest BCUT2D eigenvalue weighted by Gasteiger charge is -2.11. The van der Waals surface area contributed by atoms with Gasteiger partial charge in [-0.2, -0.15) is 0 Å². The minimum Gasteiger partial charge on any atom is -0.492 e. The largest absolute Gasteiger partial charge is 0.492 e. The van der Waals surface area contributed by atoms with E-state index in [1.807, 2.05) is 0 Å². The second kappa shape index (κ2) is 4.01. The highest BCUT2D eigenvalue weighted by molar-refractivity contribution is 5.40. The van der Waals surface area contributed by atoms with Crippen LogP contribution in [0, 0.1) is 6.92 Å². The Morgan fingerprint density at radius 2 is 2.36 bits per heavy atom. The summed E-state index contributed by atoms with van der Waals surface area (Å²) in [5.74, 6) is 1.05. The fraction of sp³-hybridized carbons (Fsp3) is 0.500. The van der Waals surface area contributed by atoms with E-state index in [0.29, 0.717) is 6.04 Å². The zero-order valence-electron chi connectivity index (χ0n) is 8.84. The van der Waals surface area contributed by atoms with E-state index < -0.39 is 0 Å². The summed E-state index contributed by atoms with van der Waals surface area (Å²) in [6, 6.07) is 6.74. The molecule has 1 aliphatic heterocycles. The van der Waals surface area contributed by atoms with Gasteiger partial charge in [-0.1, -0.05) is 19.1 Å². The molecule has 0 amide bonds. The maximum absolute atomic E-state index is 5.77. The molecular weight excluding hydrogens is 174 g/mol. The topological polar surface area (TPSA) is 21.3 Å². The lowest BCUT2D eigenvalue weighted by molar-refractivity contribution is 0.274. The van der Waals surface area contributed by atoms with Gasteiger partial charge in [0.15, 0.2) is 0 Å². The van der Waals surface area contributed by atoms with E-state index in [0.717, 1.165) is 25.3 Å². The second-order valence-corrected chi connectivity index (χ2v) is 3.85. The molecule has 0 saturated carbocycles. The van der Waals surface area contributed by atoms with Crippen molar-refractivity contribution in [1.29, 1.82) is 0 Å². The first-order valence-electron chi connectivity index (χ1n) is 5.26. The van der Waals surface area contributed by atoms with E-state index in [4.69, 9.17) is 4.74 Å². The monoisotopic (exact) mass is 191 g/mol. The van der Waals surface area contributed by atoms with Crippen LogP contribution in [0.2, 0.25) is 0 Å². The van der Waals surface area contributed by atoms with Crippen molar-refractivity contribution in [3.05, 3.63) is 29.3 Å². The molecule has 0 aromatic heterocycles. The Hall–Kier alpha value is -1.02. The van der Waals surface area contributed by atoms with Crippen LogP contribution in [-0.2, 0) is 6.54 Å². The molecule has 0 bridgehead atoms. The van der Waals surface area contributed by atoms with E-state index in [1.54, 1.807) is 0 Å². The lowest BCUT2D eigenvalue weighted by Crippen LogP contribution is -2.31. The fourth-order valence-corrected chi connectivity index (χ4v) is 1.80. The molecule has 0 saturated heterocycles. The SMILES string of the molecule is CCC1COc2cccc(C)c2CN1. The van der Waals surface area contributed by atoms with Gasteiger partial charge in [-0.3, -0.25) is 0 Å². The summed E-state index contributed by atoms with van der Waals surface area (Å²) in [5, 5.41) is 3.50. The van der Waals surface area contributed by atoms with E-state index in [-0.39, 0.29) is 0 Å². The molecule has 76 valence electrons. The van der Waals surface area contributed by atoms with Crippen LogP contribution in [0.15, 0.2) is 18.2 Å². The van der Waals surface area contributed by atoms with Gasteiger partial charge in [0.2, 0.25) is 0 Å². The molecule has 1 aliphatic rings. The van der Waals surface area contributed by atoms with Crippen LogP contribution in [0.25, 0.3) is 0 Å². The standard InChI is InChI=1S/C12H17NO/c1-3-10-8-14-12-6-4-5-9(2)11(12)7-13-10/h4-6,10,13H,3,7-8H2,1-2H3. The van der Waals surface area contributed by atoms with E-state index in [9.17, 15) is 0 Å². The minimum atomic E-state index is 0.488. The van der Waals surface area contributed by atoms with Crippen molar-refractivity contribution in [2.45, 2.75) is 32.9 Å². The molecule has 1 heterocycles. The van der Waals surface area contributed by atoms with Crippen molar-refractivity contribution >= 4 is 0 Å². The predicted octanol–water partition coefficient (Wildman–Crippen LogP) is 2.26. The number of fused-ring (bicyclic) bond motifs is 1. The Kier molecular flexibility index (Phi) is 2.73. The maximum atomic E-state index is 5.77. The van der Waals surface area contributed by atoms with Crippen molar-refractivity contribution in [2.75, 3.05) is 6.61 Å². The van der Waals surface area contributed by atoms with Crippen LogP contribution in [0.1, 0.15) is 24.5 Å². The van der Waals surface area contributed by atoms with Gasteiger partial charge in [0.25, 0.3) is 0 Å². The molecule has 14 heavy (non-hydrogen) atoms. The van der Waals surface area contributed by atoms with Crippen molar-refractivity contribution in [1.82, 2.24) is 5.32 Å². The summed E-state index contributed by atoms with van der Waals surface area (Å²) in [5.41, 5.74) is 2.62. The summed E-state index contributed by atoms with van der Waals surface area (Å²) in [6.45, 7) is 6.04. The third kappa shape index (κ3) is 1.75. The third-order valence-electron chi connectivity index (χ3n) is 2.87. The molecule has 2 rings (SSSR count). The molecule has 1 aromatic carbocycles. The van der Waals surface area contributed by atoms with Gasteiger partial charge in [0.05, 0.1) is 0 Å². The van der Waals surface area contributed by atoms with Crippen molar-refractivity contribution < 1.29 is 4.74 Å². The van der Waals surface area contributed by atoms with E-state index in [2.05, 4.69) is 37.4 Å². The van der Waals surface area contributed by atoms with Crippen molar-refractivity contribution in [3.8, 4) is 5.75 Å². The van der Waals surface area contributed by atoms with Crippen LogP contribution in [0.5, 0.6) is 5.75 Å². The molecule has 1 aromatic rings. The number of rotatable bonds is 1. The molecule has 0 radical (unpaired) electrons. The summed E-state index contributed by atoms with van der Waals surface area (Å²) >= 11 is 0. The van der Waals surface area contributed by atoms with Crippen molar-refractivity contribution in [3.63, 3.8) is 0 Å². The molecule has 1 atom stereocenters. The van der Waals surface area contributed by atoms with Gasteiger partial charge in [0, 0.05) is 18.2 Å². The van der Waals surface area contributed by atoms with Gasteiger partial charge < -0.3 is 10.1 Å². The summed E-state index contributed by atoms with van der Waals surface area (Å²) in [6.07, 6.45) is 1.12. The molecule has 1 N–H and O–H groups in total. The van der Waals surface area contributed by atoms with Gasteiger partial charge in [-0.15, -0.1) is 0 Å². The van der Waals surface area contributed by atoms with Crippen LogP contribution >= 0.6 is 0 Å². The molecule has 0 spiro atoms. The Morgan fingerprint density at radius 1 is 1.50 bits per heavy atom. The smallest absolute Gasteiger partial charge is 0.124 e.